The first-order valence-corrected chi connectivity index (χ1v) is 13.5. The lowest BCUT2D eigenvalue weighted by atomic mass is 9.80. The van der Waals surface area contributed by atoms with Gasteiger partial charge < -0.3 is 9.47 Å². The molecule has 0 spiro atoms. The second-order valence-corrected chi connectivity index (χ2v) is 10.5. The first-order valence-electron chi connectivity index (χ1n) is 13.5. The first-order chi connectivity index (χ1) is 17.8. The van der Waals surface area contributed by atoms with E-state index in [1.165, 1.54) is 4.90 Å². The number of aromatic nitrogens is 1. The van der Waals surface area contributed by atoms with Crippen LogP contribution in [0.1, 0.15) is 57.7 Å². The second-order valence-electron chi connectivity index (χ2n) is 10.5. The van der Waals surface area contributed by atoms with E-state index in [9.17, 15) is 9.59 Å². The number of pyridine rings is 1. The number of rotatable bonds is 4. The van der Waals surface area contributed by atoms with Gasteiger partial charge in [0.15, 0.2) is 0 Å². The molecule has 200 valence electrons. The number of anilines is 1. The molecular weight excluding hydrogens is 475 g/mol. The fourth-order valence-electron chi connectivity index (χ4n) is 6.26. The van der Waals surface area contributed by atoms with Crippen LogP contribution in [0.15, 0.2) is 18.2 Å². The normalized spacial score (nSPS) is 28.4. The van der Waals surface area contributed by atoms with E-state index in [1.54, 1.807) is 13.0 Å². The van der Waals surface area contributed by atoms with E-state index in [0.29, 0.717) is 33.8 Å². The van der Waals surface area contributed by atoms with Crippen LogP contribution in [0, 0.1) is 18.7 Å². The molecule has 1 aromatic carbocycles. The number of fused-ring (bicyclic) bond motifs is 2. The number of amides is 3. The highest BCUT2D eigenvalue weighted by atomic mass is 19.1. The van der Waals surface area contributed by atoms with E-state index in [0.717, 1.165) is 52.1 Å². The van der Waals surface area contributed by atoms with Crippen molar-refractivity contribution in [3.8, 4) is 0 Å². The zero-order valence-electron chi connectivity index (χ0n) is 22.2. The summed E-state index contributed by atoms with van der Waals surface area (Å²) in [6.45, 7) is 12.5. The molecule has 4 aliphatic rings. The maximum absolute atomic E-state index is 16.1. The molecule has 37 heavy (non-hydrogen) atoms. The molecule has 1 N–H and O–H groups in total. The van der Waals surface area contributed by atoms with E-state index in [1.807, 2.05) is 26.0 Å². The summed E-state index contributed by atoms with van der Waals surface area (Å²) >= 11 is 0. The summed E-state index contributed by atoms with van der Waals surface area (Å²) in [7, 11) is 0. The third-order valence-corrected chi connectivity index (χ3v) is 8.25. The number of benzene rings is 1. The number of epoxide rings is 1. The molecule has 4 saturated heterocycles. The van der Waals surface area contributed by atoms with Gasteiger partial charge in [-0.15, -0.1) is 0 Å². The lowest BCUT2D eigenvalue weighted by Crippen LogP contribution is -2.49. The summed E-state index contributed by atoms with van der Waals surface area (Å²) in [6, 6.07) is 4.84. The van der Waals surface area contributed by atoms with Crippen LogP contribution in [0.25, 0.3) is 10.9 Å². The molecule has 0 saturated carbocycles. The number of imide groups is 1. The summed E-state index contributed by atoms with van der Waals surface area (Å²) in [5, 5.41) is 2.69. The maximum atomic E-state index is 16.1. The summed E-state index contributed by atoms with van der Waals surface area (Å²) in [4.78, 5) is 32.5. The van der Waals surface area contributed by atoms with Crippen LogP contribution < -0.4 is 10.2 Å². The topological polar surface area (TPSA) is 87.3 Å². The monoisotopic (exact) mass is 512 g/mol. The van der Waals surface area contributed by atoms with E-state index in [-0.39, 0.29) is 24.7 Å². The van der Waals surface area contributed by atoms with Crippen molar-refractivity contribution in [3.05, 3.63) is 35.3 Å². The number of carbonyl (C=O) groups excluding carboxylic acids is 2. The van der Waals surface area contributed by atoms with Crippen molar-refractivity contribution in [2.75, 3.05) is 44.3 Å². The minimum atomic E-state index is -0.641. The second kappa shape index (κ2) is 9.93. The number of hydrogen-bond acceptors (Lipinski definition) is 6. The standard InChI is InChI=1S/C26H31FN4O4.C2H6/c1-16-21(31-9-5-22(32)29-24(31)33)13-18-20(28-16)4-3-19(23(18)27)26-8-10-30(15-25(26,2)35-26)14-17-6-11-34-12-7-17;1-2/h3-4,13,17H,5-12,14-15H2,1-2H3,(H,29,32,33);1-2H3. The molecule has 2 atom stereocenters. The van der Waals surface area contributed by atoms with Crippen LogP contribution in [-0.4, -0.2) is 66.8 Å². The minimum absolute atomic E-state index is 0.200. The van der Waals surface area contributed by atoms with Crippen molar-refractivity contribution in [1.29, 1.82) is 0 Å². The van der Waals surface area contributed by atoms with Crippen molar-refractivity contribution >= 4 is 28.5 Å². The van der Waals surface area contributed by atoms with Crippen LogP contribution >= 0.6 is 0 Å². The van der Waals surface area contributed by atoms with Gasteiger partial charge in [-0.25, -0.2) is 9.18 Å². The quantitative estimate of drug-likeness (QED) is 0.616. The van der Waals surface area contributed by atoms with Gasteiger partial charge in [0.1, 0.15) is 17.0 Å². The Morgan fingerprint density at radius 1 is 1.19 bits per heavy atom. The average Bonchev–Trinajstić information content (AvgIpc) is 3.52. The third kappa shape index (κ3) is 4.51. The number of nitrogens with zero attached hydrogens (tertiary/aromatic N) is 3. The molecule has 1 aromatic heterocycles. The number of nitrogens with one attached hydrogen (secondary N) is 1. The van der Waals surface area contributed by atoms with E-state index in [4.69, 9.17) is 9.47 Å². The fraction of sp³-hybridized carbons (Fsp3) is 0.607. The number of aryl methyl sites for hydroxylation is 1. The van der Waals surface area contributed by atoms with Gasteiger partial charge in [0.2, 0.25) is 5.91 Å². The molecule has 8 nitrogen and oxygen atoms in total. The third-order valence-electron chi connectivity index (χ3n) is 8.25. The largest absolute Gasteiger partial charge is 0.381 e. The van der Waals surface area contributed by atoms with Gasteiger partial charge in [0, 0.05) is 56.8 Å². The molecule has 2 aromatic rings. The van der Waals surface area contributed by atoms with Crippen LogP contribution in [0.3, 0.4) is 0 Å². The molecule has 0 bridgehead atoms. The predicted octanol–water partition coefficient (Wildman–Crippen LogP) is 4.27. The SMILES string of the molecule is CC.Cc1nc2ccc(C34CCN(CC5CCOCC5)CC3(C)O4)c(F)c2cc1N1CCC(=O)NC1=O. The highest BCUT2D eigenvalue weighted by Crippen LogP contribution is 2.61. The van der Waals surface area contributed by atoms with Gasteiger partial charge in [0.05, 0.1) is 16.9 Å². The van der Waals surface area contributed by atoms with Gasteiger partial charge in [0.25, 0.3) is 0 Å². The Balaban J connectivity index is 0.00000137. The van der Waals surface area contributed by atoms with Crippen molar-refractivity contribution in [1.82, 2.24) is 15.2 Å². The van der Waals surface area contributed by atoms with Crippen LogP contribution in [0.5, 0.6) is 0 Å². The van der Waals surface area contributed by atoms with Crippen LogP contribution in [-0.2, 0) is 19.9 Å². The van der Waals surface area contributed by atoms with E-state index >= 15 is 4.39 Å². The summed E-state index contributed by atoms with van der Waals surface area (Å²) < 4.78 is 27.9. The number of piperidine rings is 1. The zero-order chi connectivity index (χ0) is 26.4. The number of likely N-dealkylation sites (tertiary alicyclic amines) is 1. The Morgan fingerprint density at radius 3 is 2.65 bits per heavy atom. The Labute approximate surface area is 217 Å². The molecule has 9 heteroatoms. The summed E-state index contributed by atoms with van der Waals surface area (Å²) in [5.41, 5.74) is 1.16. The first kappa shape index (κ1) is 26.0. The van der Waals surface area contributed by atoms with E-state index in [2.05, 4.69) is 22.1 Å². The van der Waals surface area contributed by atoms with Gasteiger partial charge in [-0.3, -0.25) is 24.9 Å². The number of ether oxygens (including phenoxy) is 2. The van der Waals surface area contributed by atoms with Gasteiger partial charge in [-0.2, -0.15) is 0 Å². The molecule has 5 heterocycles. The Hall–Kier alpha value is -2.62. The molecule has 0 radical (unpaired) electrons. The molecule has 2 unspecified atom stereocenters. The Kier molecular flexibility index (Phi) is 6.98. The number of carbonyl (C=O) groups is 2. The van der Waals surface area contributed by atoms with Crippen LogP contribution in [0.2, 0.25) is 0 Å². The number of urea groups is 1. The van der Waals surface area contributed by atoms with Crippen LogP contribution in [0.4, 0.5) is 14.9 Å². The Bertz CT molecular complexity index is 1220. The van der Waals surface area contributed by atoms with Crippen molar-refractivity contribution < 1.29 is 23.5 Å². The van der Waals surface area contributed by atoms with Crippen molar-refractivity contribution in [2.24, 2.45) is 5.92 Å². The van der Waals surface area contributed by atoms with Gasteiger partial charge >= 0.3 is 6.03 Å². The zero-order valence-corrected chi connectivity index (χ0v) is 22.2. The maximum Gasteiger partial charge on any atom is 0.328 e. The smallest absolute Gasteiger partial charge is 0.328 e. The highest BCUT2D eigenvalue weighted by molar-refractivity contribution is 6.06. The minimum Gasteiger partial charge on any atom is -0.381 e. The van der Waals surface area contributed by atoms with Crippen molar-refractivity contribution in [3.63, 3.8) is 0 Å². The summed E-state index contributed by atoms with van der Waals surface area (Å²) in [5.74, 6) is -0.00378. The van der Waals surface area contributed by atoms with Gasteiger partial charge in [-0.05, 0) is 51.2 Å². The number of halogens is 1. The summed E-state index contributed by atoms with van der Waals surface area (Å²) in [6.07, 6.45) is 3.12. The molecular formula is C28H37FN4O4. The van der Waals surface area contributed by atoms with Crippen molar-refractivity contribution in [2.45, 2.75) is 64.6 Å². The Morgan fingerprint density at radius 2 is 1.95 bits per heavy atom. The molecule has 6 rings (SSSR count). The molecule has 3 amide bonds. The number of hydrogen-bond donors (Lipinski definition) is 1. The molecule has 0 aliphatic carbocycles. The lowest BCUT2D eigenvalue weighted by molar-refractivity contribution is -0.120. The predicted molar refractivity (Wildman–Crippen MR) is 139 cm³/mol. The fourth-order valence-corrected chi connectivity index (χ4v) is 6.26. The van der Waals surface area contributed by atoms with E-state index < -0.39 is 17.2 Å². The molecule has 4 aliphatic heterocycles. The lowest BCUT2D eigenvalue weighted by Gasteiger charge is -2.36. The van der Waals surface area contributed by atoms with Gasteiger partial charge in [-0.1, -0.05) is 19.9 Å². The average molecular weight is 513 g/mol. The highest BCUT2D eigenvalue weighted by Gasteiger charge is 2.70. The molecule has 4 fully saturated rings.